The average Bonchev–Trinajstić information content (AvgIpc) is 2.76. The summed E-state index contributed by atoms with van der Waals surface area (Å²) in [6.45, 7) is 0.837. The van der Waals surface area contributed by atoms with Crippen molar-refractivity contribution in [3.63, 3.8) is 0 Å². The van der Waals surface area contributed by atoms with Crippen LogP contribution in [0, 0.1) is 10.1 Å². The fourth-order valence-corrected chi connectivity index (χ4v) is 2.45. The van der Waals surface area contributed by atoms with Crippen LogP contribution in [0.15, 0.2) is 42.5 Å². The molecule has 1 amide bonds. The van der Waals surface area contributed by atoms with Gasteiger partial charge in [-0.3, -0.25) is 19.7 Å². The topological polar surface area (TPSA) is 134 Å². The van der Waals surface area contributed by atoms with Crippen LogP contribution in [0.4, 0.5) is 5.69 Å². The molecule has 158 valence electrons. The van der Waals surface area contributed by atoms with E-state index in [9.17, 15) is 24.5 Å². The SMILES string of the molecule is COc1ccc(C(=O)COC(=O)[C@H](C)NC(=O)c2cccc([N+](=O)[O-])c2)cc1OC. The molecule has 0 fully saturated rings. The molecule has 1 atom stereocenters. The van der Waals surface area contributed by atoms with Gasteiger partial charge in [-0.15, -0.1) is 0 Å². The Morgan fingerprint density at radius 3 is 2.37 bits per heavy atom. The Kier molecular flexibility index (Phi) is 7.45. The molecule has 30 heavy (non-hydrogen) atoms. The number of carbonyl (C=O) groups is 3. The molecule has 1 N–H and O–H groups in total. The average molecular weight is 416 g/mol. The van der Waals surface area contributed by atoms with Crippen LogP contribution in [0.3, 0.4) is 0 Å². The van der Waals surface area contributed by atoms with Gasteiger partial charge < -0.3 is 19.5 Å². The number of methoxy groups -OCH3 is 2. The number of nitrogens with one attached hydrogen (secondary N) is 1. The highest BCUT2D eigenvalue weighted by atomic mass is 16.6. The molecule has 2 aromatic rings. The van der Waals surface area contributed by atoms with Crippen molar-refractivity contribution in [2.75, 3.05) is 20.8 Å². The Labute approximate surface area is 171 Å². The van der Waals surface area contributed by atoms with E-state index in [0.29, 0.717) is 11.5 Å². The van der Waals surface area contributed by atoms with E-state index in [4.69, 9.17) is 14.2 Å². The maximum Gasteiger partial charge on any atom is 0.328 e. The number of nitro groups is 1. The molecule has 10 heteroatoms. The van der Waals surface area contributed by atoms with Crippen molar-refractivity contribution in [2.24, 2.45) is 0 Å². The van der Waals surface area contributed by atoms with Crippen molar-refractivity contribution < 1.29 is 33.5 Å². The van der Waals surface area contributed by atoms with Gasteiger partial charge >= 0.3 is 5.97 Å². The normalized spacial score (nSPS) is 11.2. The molecular weight excluding hydrogens is 396 g/mol. The molecule has 2 rings (SSSR count). The number of Topliss-reactive ketones (excluding diaryl/α,β-unsaturated/α-hetero) is 1. The number of carbonyl (C=O) groups excluding carboxylic acids is 3. The zero-order chi connectivity index (χ0) is 22.3. The highest BCUT2D eigenvalue weighted by molar-refractivity contribution is 5.99. The van der Waals surface area contributed by atoms with Crippen molar-refractivity contribution in [3.05, 3.63) is 63.7 Å². The number of ketones is 1. The molecule has 0 saturated heterocycles. The Balaban J connectivity index is 1.94. The summed E-state index contributed by atoms with van der Waals surface area (Å²) >= 11 is 0. The Bertz CT molecular complexity index is 973. The molecule has 0 heterocycles. The number of hydrogen-bond acceptors (Lipinski definition) is 8. The summed E-state index contributed by atoms with van der Waals surface area (Å²) < 4.78 is 15.2. The van der Waals surface area contributed by atoms with E-state index < -0.39 is 35.2 Å². The second kappa shape index (κ2) is 10.0. The number of amides is 1. The molecule has 0 radical (unpaired) electrons. The number of nitrogens with zero attached hydrogens (tertiary/aromatic N) is 1. The van der Waals surface area contributed by atoms with Crippen LogP contribution in [0.1, 0.15) is 27.6 Å². The van der Waals surface area contributed by atoms with Crippen LogP contribution in [0.5, 0.6) is 11.5 Å². The van der Waals surface area contributed by atoms with Crippen molar-refractivity contribution in [1.82, 2.24) is 5.32 Å². The van der Waals surface area contributed by atoms with Gasteiger partial charge in [-0.2, -0.15) is 0 Å². The molecule has 0 bridgehead atoms. The molecule has 0 aliphatic rings. The molecule has 0 aliphatic heterocycles. The van der Waals surface area contributed by atoms with Crippen LogP contribution >= 0.6 is 0 Å². The van der Waals surface area contributed by atoms with Crippen molar-refractivity contribution >= 4 is 23.3 Å². The third kappa shape index (κ3) is 5.53. The fraction of sp³-hybridized carbons (Fsp3) is 0.250. The minimum absolute atomic E-state index is 0.0188. The molecule has 0 saturated carbocycles. The minimum Gasteiger partial charge on any atom is -0.493 e. The zero-order valence-corrected chi connectivity index (χ0v) is 16.5. The second-order valence-electron chi connectivity index (χ2n) is 6.10. The summed E-state index contributed by atoms with van der Waals surface area (Å²) in [6.07, 6.45) is 0. The van der Waals surface area contributed by atoms with Gasteiger partial charge in [-0.05, 0) is 31.2 Å². The van der Waals surface area contributed by atoms with E-state index in [1.165, 1.54) is 51.5 Å². The van der Waals surface area contributed by atoms with E-state index in [2.05, 4.69) is 5.32 Å². The van der Waals surface area contributed by atoms with Gasteiger partial charge in [0.1, 0.15) is 6.04 Å². The van der Waals surface area contributed by atoms with Gasteiger partial charge in [0.25, 0.3) is 11.6 Å². The number of ether oxygens (including phenoxy) is 3. The molecule has 0 aliphatic carbocycles. The molecule has 2 aromatic carbocycles. The zero-order valence-electron chi connectivity index (χ0n) is 16.5. The smallest absolute Gasteiger partial charge is 0.328 e. The number of non-ortho nitro benzene ring substituents is 1. The van der Waals surface area contributed by atoms with Gasteiger partial charge in [0, 0.05) is 23.3 Å². The van der Waals surface area contributed by atoms with Gasteiger partial charge in [-0.25, -0.2) is 4.79 Å². The molecule has 0 spiro atoms. The van der Waals surface area contributed by atoms with Gasteiger partial charge in [0.15, 0.2) is 23.9 Å². The van der Waals surface area contributed by atoms with E-state index in [-0.39, 0.29) is 16.8 Å². The number of esters is 1. The van der Waals surface area contributed by atoms with E-state index in [1.807, 2.05) is 0 Å². The first-order valence-corrected chi connectivity index (χ1v) is 8.74. The predicted octanol–water partition coefficient (Wildman–Crippen LogP) is 2.16. The molecule has 0 unspecified atom stereocenters. The summed E-state index contributed by atoms with van der Waals surface area (Å²) in [7, 11) is 2.89. The first-order valence-electron chi connectivity index (χ1n) is 8.74. The summed E-state index contributed by atoms with van der Waals surface area (Å²) in [5.41, 5.74) is 0.0254. The standard InChI is InChI=1S/C20H20N2O8/c1-12(21-19(24)14-5-4-6-15(9-14)22(26)27)20(25)30-11-16(23)13-7-8-17(28-2)18(10-13)29-3/h4-10,12H,11H2,1-3H3,(H,21,24)/t12-/m0/s1. The van der Waals surface area contributed by atoms with E-state index in [1.54, 1.807) is 6.07 Å². The third-order valence-electron chi connectivity index (χ3n) is 4.07. The second-order valence-corrected chi connectivity index (χ2v) is 6.10. The van der Waals surface area contributed by atoms with Crippen molar-refractivity contribution in [3.8, 4) is 11.5 Å². The maximum absolute atomic E-state index is 12.3. The minimum atomic E-state index is -1.07. The molecule has 0 aromatic heterocycles. The van der Waals surface area contributed by atoms with Crippen LogP contribution in [-0.4, -0.2) is 49.5 Å². The number of nitro benzene ring substituents is 1. The van der Waals surface area contributed by atoms with E-state index in [0.717, 1.165) is 6.07 Å². The Morgan fingerprint density at radius 1 is 1.03 bits per heavy atom. The van der Waals surface area contributed by atoms with Crippen LogP contribution in [0.25, 0.3) is 0 Å². The van der Waals surface area contributed by atoms with Gasteiger partial charge in [-0.1, -0.05) is 6.07 Å². The van der Waals surface area contributed by atoms with Crippen LogP contribution in [-0.2, 0) is 9.53 Å². The lowest BCUT2D eigenvalue weighted by atomic mass is 10.1. The van der Waals surface area contributed by atoms with Gasteiger partial charge in [0.2, 0.25) is 0 Å². The highest BCUT2D eigenvalue weighted by Crippen LogP contribution is 2.27. The lowest BCUT2D eigenvalue weighted by Gasteiger charge is -2.13. The monoisotopic (exact) mass is 416 g/mol. The summed E-state index contributed by atoms with van der Waals surface area (Å²) in [4.78, 5) is 46.7. The first-order chi connectivity index (χ1) is 14.3. The number of benzene rings is 2. The lowest BCUT2D eigenvalue weighted by Crippen LogP contribution is -2.40. The van der Waals surface area contributed by atoms with Crippen LogP contribution in [0.2, 0.25) is 0 Å². The lowest BCUT2D eigenvalue weighted by molar-refractivity contribution is -0.384. The quantitative estimate of drug-likeness (QED) is 0.284. The van der Waals surface area contributed by atoms with Gasteiger partial charge in [0.05, 0.1) is 19.1 Å². The summed E-state index contributed by atoms with van der Waals surface area (Å²) in [5, 5.41) is 13.2. The van der Waals surface area contributed by atoms with Crippen molar-refractivity contribution in [2.45, 2.75) is 13.0 Å². The fourth-order valence-electron chi connectivity index (χ4n) is 2.45. The number of hydrogen-bond donors (Lipinski definition) is 1. The molecular formula is C20H20N2O8. The molecule has 10 nitrogen and oxygen atoms in total. The summed E-state index contributed by atoms with van der Waals surface area (Å²) in [6, 6.07) is 8.51. The van der Waals surface area contributed by atoms with Crippen molar-refractivity contribution in [1.29, 1.82) is 0 Å². The Morgan fingerprint density at radius 2 is 1.73 bits per heavy atom. The third-order valence-corrected chi connectivity index (χ3v) is 4.07. The van der Waals surface area contributed by atoms with Crippen LogP contribution < -0.4 is 14.8 Å². The largest absolute Gasteiger partial charge is 0.493 e. The van der Waals surface area contributed by atoms with E-state index >= 15 is 0 Å². The highest BCUT2D eigenvalue weighted by Gasteiger charge is 2.21. The summed E-state index contributed by atoms with van der Waals surface area (Å²) in [5.74, 6) is -1.19. The predicted molar refractivity (Wildman–Crippen MR) is 105 cm³/mol. The first kappa shape index (κ1) is 22.3. The number of rotatable bonds is 9. The maximum atomic E-state index is 12.3. The Hall–Kier alpha value is -3.95.